The molecule has 0 aliphatic carbocycles. The van der Waals surface area contributed by atoms with E-state index in [1.54, 1.807) is 6.07 Å². The monoisotopic (exact) mass is 395 g/mol. The molecule has 10 heteroatoms. The topological polar surface area (TPSA) is 76.2 Å². The number of hydrogen-bond acceptors (Lipinski definition) is 4. The van der Waals surface area contributed by atoms with E-state index in [2.05, 4.69) is 25.0 Å². The number of amides is 1. The molecule has 0 aliphatic rings. The summed E-state index contributed by atoms with van der Waals surface area (Å²) >= 11 is 0. The van der Waals surface area contributed by atoms with Crippen LogP contribution in [0.3, 0.4) is 0 Å². The van der Waals surface area contributed by atoms with E-state index in [9.17, 15) is 22.4 Å². The van der Waals surface area contributed by atoms with Gasteiger partial charge in [-0.1, -0.05) is 12.1 Å². The molecule has 3 rings (SSSR count). The lowest BCUT2D eigenvalue weighted by atomic mass is 10.1. The first-order valence-corrected chi connectivity index (χ1v) is 7.88. The van der Waals surface area contributed by atoms with Gasteiger partial charge >= 0.3 is 13.2 Å². The van der Waals surface area contributed by atoms with Gasteiger partial charge in [0.15, 0.2) is 0 Å². The van der Waals surface area contributed by atoms with E-state index in [-0.39, 0.29) is 22.9 Å². The zero-order valence-corrected chi connectivity index (χ0v) is 14.0. The number of carbonyl (C=O) groups excluding carboxylic acids is 1. The molecule has 28 heavy (non-hydrogen) atoms. The van der Waals surface area contributed by atoms with Crippen LogP contribution < -0.4 is 14.8 Å². The second-order valence-corrected chi connectivity index (χ2v) is 5.40. The molecule has 3 aromatic rings. The number of rotatable bonds is 7. The Morgan fingerprint density at radius 3 is 2.32 bits per heavy atom. The number of para-hydroxylation sites is 2. The van der Waals surface area contributed by atoms with Crippen molar-refractivity contribution in [1.82, 2.24) is 10.2 Å². The van der Waals surface area contributed by atoms with Crippen molar-refractivity contribution in [2.75, 3.05) is 5.32 Å². The molecule has 146 valence electrons. The third-order valence-corrected chi connectivity index (χ3v) is 3.55. The molecule has 2 aromatic carbocycles. The second kappa shape index (κ2) is 8.42. The van der Waals surface area contributed by atoms with Gasteiger partial charge in [0.2, 0.25) is 0 Å². The highest BCUT2D eigenvalue weighted by Gasteiger charge is 2.15. The fourth-order valence-corrected chi connectivity index (χ4v) is 2.35. The van der Waals surface area contributed by atoms with Crippen LogP contribution in [0, 0.1) is 0 Å². The normalized spacial score (nSPS) is 10.9. The number of H-pyrrole nitrogens is 1. The minimum Gasteiger partial charge on any atom is -0.435 e. The molecule has 0 unspecified atom stereocenters. The van der Waals surface area contributed by atoms with Crippen molar-refractivity contribution in [2.45, 2.75) is 13.2 Å². The molecule has 0 spiro atoms. The van der Waals surface area contributed by atoms with Crippen LogP contribution >= 0.6 is 0 Å². The fourth-order valence-electron chi connectivity index (χ4n) is 2.35. The van der Waals surface area contributed by atoms with Gasteiger partial charge < -0.3 is 14.8 Å². The number of benzene rings is 2. The van der Waals surface area contributed by atoms with Crippen LogP contribution in [-0.4, -0.2) is 29.3 Å². The summed E-state index contributed by atoms with van der Waals surface area (Å²) in [5, 5.41) is 8.97. The van der Waals surface area contributed by atoms with Gasteiger partial charge in [-0.15, -0.1) is 0 Å². The van der Waals surface area contributed by atoms with Crippen LogP contribution in [-0.2, 0) is 0 Å². The molecule has 0 saturated carbocycles. The number of halogens is 4. The number of anilines is 1. The first-order valence-electron chi connectivity index (χ1n) is 7.88. The number of nitrogens with one attached hydrogen (secondary N) is 2. The summed E-state index contributed by atoms with van der Waals surface area (Å²) in [6.45, 7) is -5.96. The number of hydrogen-bond donors (Lipinski definition) is 2. The van der Waals surface area contributed by atoms with Crippen LogP contribution in [0.25, 0.3) is 11.3 Å². The lowest BCUT2D eigenvalue weighted by Crippen LogP contribution is -2.14. The van der Waals surface area contributed by atoms with E-state index in [4.69, 9.17) is 0 Å². The Hall–Kier alpha value is -3.56. The van der Waals surface area contributed by atoms with Gasteiger partial charge in [-0.3, -0.25) is 9.89 Å². The van der Waals surface area contributed by atoms with E-state index in [1.165, 1.54) is 48.5 Å². The van der Waals surface area contributed by atoms with Crippen molar-refractivity contribution in [1.29, 1.82) is 0 Å². The van der Waals surface area contributed by atoms with Crippen molar-refractivity contribution in [2.24, 2.45) is 0 Å². The quantitative estimate of drug-likeness (QED) is 0.577. The third kappa shape index (κ3) is 4.78. The molecule has 0 atom stereocenters. The molecular weight excluding hydrogens is 382 g/mol. The summed E-state index contributed by atoms with van der Waals surface area (Å²) in [6, 6.07) is 12.9. The zero-order valence-electron chi connectivity index (χ0n) is 14.0. The number of nitrogens with zero attached hydrogens (tertiary/aromatic N) is 1. The maximum atomic E-state index is 12.4. The Balaban J connectivity index is 1.73. The zero-order chi connectivity index (χ0) is 20.1. The lowest BCUT2D eigenvalue weighted by Gasteiger charge is -2.10. The van der Waals surface area contributed by atoms with Crippen molar-refractivity contribution in [3.63, 3.8) is 0 Å². The number of aromatic nitrogens is 2. The average Bonchev–Trinajstić information content (AvgIpc) is 3.13. The summed E-state index contributed by atoms with van der Waals surface area (Å²) in [5.74, 6) is -0.815. The highest BCUT2D eigenvalue weighted by molar-refractivity contribution is 6.04. The number of ether oxygens (including phenoxy) is 2. The van der Waals surface area contributed by atoms with Gasteiger partial charge in [0, 0.05) is 5.56 Å². The van der Waals surface area contributed by atoms with Gasteiger partial charge in [-0.25, -0.2) is 0 Å². The lowest BCUT2D eigenvalue weighted by molar-refractivity contribution is -0.0503. The molecule has 0 saturated heterocycles. The van der Waals surface area contributed by atoms with Crippen molar-refractivity contribution in [3.8, 4) is 22.8 Å². The van der Waals surface area contributed by atoms with Gasteiger partial charge in [-0.05, 0) is 42.5 Å². The predicted molar refractivity (Wildman–Crippen MR) is 91.7 cm³/mol. The molecule has 1 amide bonds. The Morgan fingerprint density at radius 2 is 1.64 bits per heavy atom. The van der Waals surface area contributed by atoms with E-state index in [1.807, 2.05) is 0 Å². The number of aromatic amines is 1. The molecule has 0 fully saturated rings. The van der Waals surface area contributed by atoms with Crippen LogP contribution in [0.2, 0.25) is 0 Å². The SMILES string of the molecule is O=C(Nc1ccccc1OC(F)F)c1cc(-c2ccc(OC(F)F)cc2)n[nH]1. The Kier molecular flexibility index (Phi) is 5.78. The molecule has 0 bridgehead atoms. The second-order valence-electron chi connectivity index (χ2n) is 5.40. The minimum atomic E-state index is -3.03. The Bertz CT molecular complexity index is 945. The minimum absolute atomic E-state index is 0.0112. The highest BCUT2D eigenvalue weighted by atomic mass is 19.3. The maximum Gasteiger partial charge on any atom is 0.387 e. The number of carbonyl (C=O) groups is 1. The summed E-state index contributed by atoms with van der Waals surface area (Å²) in [5.41, 5.74) is 1.07. The van der Waals surface area contributed by atoms with E-state index in [0.717, 1.165) is 0 Å². The smallest absolute Gasteiger partial charge is 0.387 e. The van der Waals surface area contributed by atoms with Gasteiger partial charge in [0.25, 0.3) is 5.91 Å². The van der Waals surface area contributed by atoms with Gasteiger partial charge in [-0.2, -0.15) is 22.7 Å². The largest absolute Gasteiger partial charge is 0.435 e. The van der Waals surface area contributed by atoms with Crippen molar-refractivity contribution in [3.05, 3.63) is 60.3 Å². The average molecular weight is 395 g/mol. The van der Waals surface area contributed by atoms with Crippen LogP contribution in [0.4, 0.5) is 23.2 Å². The fraction of sp³-hybridized carbons (Fsp3) is 0.111. The predicted octanol–water partition coefficient (Wildman–Crippen LogP) is 4.53. The van der Waals surface area contributed by atoms with Crippen LogP contribution in [0.1, 0.15) is 10.5 Å². The molecule has 0 radical (unpaired) electrons. The maximum absolute atomic E-state index is 12.4. The Labute approximate surface area is 156 Å². The van der Waals surface area contributed by atoms with Crippen LogP contribution in [0.15, 0.2) is 54.6 Å². The first kappa shape index (κ1) is 19.2. The van der Waals surface area contributed by atoms with E-state index in [0.29, 0.717) is 11.3 Å². The third-order valence-electron chi connectivity index (χ3n) is 3.55. The van der Waals surface area contributed by atoms with Gasteiger partial charge in [0.1, 0.15) is 17.2 Å². The summed E-state index contributed by atoms with van der Waals surface area (Å²) < 4.78 is 57.9. The molecule has 1 heterocycles. The Morgan fingerprint density at radius 1 is 0.964 bits per heavy atom. The standard InChI is InChI=1S/C18H13F4N3O3/c19-17(20)27-11-7-5-10(6-8-11)13-9-14(25-24-13)16(26)23-12-3-1-2-4-15(12)28-18(21)22/h1-9,17-18H,(H,23,26)(H,24,25). The molecule has 6 nitrogen and oxygen atoms in total. The summed E-state index contributed by atoms with van der Waals surface area (Å²) in [6.07, 6.45) is 0. The molecule has 1 aromatic heterocycles. The first-order chi connectivity index (χ1) is 13.4. The number of alkyl halides is 4. The molecule has 0 aliphatic heterocycles. The van der Waals surface area contributed by atoms with Crippen molar-refractivity contribution >= 4 is 11.6 Å². The highest BCUT2D eigenvalue weighted by Crippen LogP contribution is 2.27. The van der Waals surface area contributed by atoms with E-state index < -0.39 is 19.1 Å². The molecular formula is C18H13F4N3O3. The summed E-state index contributed by atoms with van der Waals surface area (Å²) in [7, 11) is 0. The van der Waals surface area contributed by atoms with Gasteiger partial charge in [0.05, 0.1) is 11.4 Å². The summed E-state index contributed by atoms with van der Waals surface area (Å²) in [4.78, 5) is 12.3. The van der Waals surface area contributed by atoms with Crippen LogP contribution in [0.5, 0.6) is 11.5 Å². The van der Waals surface area contributed by atoms with E-state index >= 15 is 0 Å². The van der Waals surface area contributed by atoms with Crippen molar-refractivity contribution < 1.29 is 31.8 Å². The molecule has 2 N–H and O–H groups in total.